The van der Waals surface area contributed by atoms with Crippen LogP contribution in [0, 0.1) is 11.7 Å². The van der Waals surface area contributed by atoms with Crippen LogP contribution in [0.1, 0.15) is 50.2 Å². The summed E-state index contributed by atoms with van der Waals surface area (Å²) < 4.78 is 21.1. The first kappa shape index (κ1) is 23.5. The third-order valence-corrected chi connectivity index (χ3v) is 8.79. The summed E-state index contributed by atoms with van der Waals surface area (Å²) in [5, 5.41) is 0. The van der Waals surface area contributed by atoms with E-state index in [0.29, 0.717) is 5.92 Å². The van der Waals surface area contributed by atoms with Crippen molar-refractivity contribution in [3.8, 4) is 0 Å². The minimum Gasteiger partial charge on any atom is -0.454 e. The molecule has 0 spiro atoms. The molecule has 34 heavy (non-hydrogen) atoms. The normalized spacial score (nSPS) is 28.9. The second-order valence-corrected chi connectivity index (χ2v) is 10.8. The molecule has 0 N–H and O–H groups in total. The largest absolute Gasteiger partial charge is 0.454 e. The first-order valence-electron chi connectivity index (χ1n) is 13.1. The maximum Gasteiger partial charge on any atom is 0.331 e. The van der Waals surface area contributed by atoms with Crippen LogP contribution in [0.15, 0.2) is 54.6 Å². The van der Waals surface area contributed by atoms with Gasteiger partial charge in [-0.15, -0.1) is 0 Å². The molecular weight excluding hydrogens is 427 g/mol. The number of piperidine rings is 4. The average Bonchev–Trinajstić information content (AvgIpc) is 2.89. The van der Waals surface area contributed by atoms with Crippen molar-refractivity contribution in [1.29, 1.82) is 0 Å². The number of hydrogen-bond acceptors (Lipinski definition) is 3. The molecule has 4 saturated heterocycles. The Hall–Kier alpha value is -2.24. The lowest BCUT2D eigenvalue weighted by atomic mass is 9.82. The summed E-state index contributed by atoms with van der Waals surface area (Å²) >= 11 is 0. The van der Waals surface area contributed by atoms with Crippen LogP contribution >= 0.6 is 0 Å². The van der Waals surface area contributed by atoms with Crippen molar-refractivity contribution in [2.75, 3.05) is 39.3 Å². The highest BCUT2D eigenvalue weighted by Gasteiger charge is 2.50. The zero-order valence-electron chi connectivity index (χ0n) is 20.4. The summed E-state index contributed by atoms with van der Waals surface area (Å²) in [7, 11) is 0. The van der Waals surface area contributed by atoms with E-state index in [2.05, 4.69) is 24.0 Å². The van der Waals surface area contributed by atoms with Gasteiger partial charge in [-0.05, 0) is 56.1 Å². The second-order valence-electron chi connectivity index (χ2n) is 10.8. The molecule has 0 aromatic heterocycles. The molecule has 182 valence electrons. The Kier molecular flexibility index (Phi) is 6.76. The highest BCUT2D eigenvalue weighted by atomic mass is 19.1. The van der Waals surface area contributed by atoms with Gasteiger partial charge in [0.05, 0.1) is 19.6 Å². The fourth-order valence-corrected chi connectivity index (χ4v) is 6.51. The van der Waals surface area contributed by atoms with Crippen molar-refractivity contribution < 1.29 is 18.4 Å². The second kappa shape index (κ2) is 9.79. The van der Waals surface area contributed by atoms with E-state index in [0.717, 1.165) is 87.0 Å². The number of fused-ring (bicyclic) bond motifs is 3. The Bertz CT molecular complexity index is 983. The van der Waals surface area contributed by atoms with Crippen molar-refractivity contribution >= 4 is 5.97 Å². The van der Waals surface area contributed by atoms with Crippen LogP contribution in [0.25, 0.3) is 0 Å². The van der Waals surface area contributed by atoms with Gasteiger partial charge in [-0.2, -0.15) is 0 Å². The van der Waals surface area contributed by atoms with E-state index in [9.17, 15) is 9.18 Å². The lowest BCUT2D eigenvalue weighted by Crippen LogP contribution is -2.65. The number of rotatable bonds is 7. The van der Waals surface area contributed by atoms with Gasteiger partial charge in [-0.1, -0.05) is 48.9 Å². The van der Waals surface area contributed by atoms with Crippen LogP contribution in [-0.4, -0.2) is 60.7 Å². The minimum atomic E-state index is -0.750. The van der Waals surface area contributed by atoms with Gasteiger partial charge in [0.1, 0.15) is 17.9 Å². The number of esters is 1. The predicted molar refractivity (Wildman–Crippen MR) is 132 cm³/mol. The highest BCUT2D eigenvalue weighted by Crippen LogP contribution is 2.39. The van der Waals surface area contributed by atoms with Gasteiger partial charge < -0.3 is 9.22 Å². The molecule has 4 heterocycles. The van der Waals surface area contributed by atoms with Crippen molar-refractivity contribution in [3.05, 3.63) is 71.5 Å². The third kappa shape index (κ3) is 4.65. The van der Waals surface area contributed by atoms with Gasteiger partial charge in [-0.25, -0.2) is 9.18 Å². The molecule has 2 aromatic carbocycles. The van der Waals surface area contributed by atoms with Crippen LogP contribution in [0.4, 0.5) is 4.39 Å². The molecular formula is C29H38FN2O2+. The number of hydrogen-bond donors (Lipinski definition) is 0. The molecule has 2 atom stereocenters. The molecule has 0 saturated carbocycles. The maximum atomic E-state index is 13.9. The fraction of sp³-hybridized carbons (Fsp3) is 0.552. The van der Waals surface area contributed by atoms with Crippen molar-refractivity contribution in [2.24, 2.45) is 5.92 Å². The topological polar surface area (TPSA) is 29.5 Å². The fourth-order valence-electron chi connectivity index (χ4n) is 6.51. The Morgan fingerprint density at radius 3 is 2.50 bits per heavy atom. The number of benzene rings is 2. The number of carbonyl (C=O) groups excluding carboxylic acids is 1. The van der Waals surface area contributed by atoms with E-state index in [1.165, 1.54) is 12.5 Å². The van der Waals surface area contributed by atoms with Crippen LogP contribution in [0.3, 0.4) is 0 Å². The first-order valence-corrected chi connectivity index (χ1v) is 13.1. The Labute approximate surface area is 203 Å². The van der Waals surface area contributed by atoms with E-state index < -0.39 is 5.54 Å². The van der Waals surface area contributed by atoms with E-state index in [-0.39, 0.29) is 17.9 Å². The van der Waals surface area contributed by atoms with Gasteiger partial charge in [0.25, 0.3) is 0 Å². The monoisotopic (exact) mass is 465 g/mol. The van der Waals surface area contributed by atoms with Crippen LogP contribution in [-0.2, 0) is 21.5 Å². The molecule has 2 bridgehead atoms. The Morgan fingerprint density at radius 2 is 1.79 bits per heavy atom. The SMILES string of the molecule is C[C@@](C(=O)O[C@H]1C[N+]2(CCc3cccc(F)c3)CCC1CC2)(c1ccccc1)N1CCCCC1. The molecule has 5 heteroatoms. The van der Waals surface area contributed by atoms with Crippen LogP contribution in [0.2, 0.25) is 0 Å². The average molecular weight is 466 g/mol. The summed E-state index contributed by atoms with van der Waals surface area (Å²) in [5.41, 5.74) is 1.33. The summed E-state index contributed by atoms with van der Waals surface area (Å²) in [6.07, 6.45) is 6.52. The molecule has 0 radical (unpaired) electrons. The highest BCUT2D eigenvalue weighted by molar-refractivity contribution is 5.82. The zero-order chi connectivity index (χ0) is 23.6. The number of halogens is 1. The molecule has 2 aromatic rings. The maximum absolute atomic E-state index is 13.9. The van der Waals surface area contributed by atoms with Gasteiger partial charge in [0.15, 0.2) is 6.10 Å². The van der Waals surface area contributed by atoms with Gasteiger partial charge >= 0.3 is 5.97 Å². The molecule has 4 nitrogen and oxygen atoms in total. The Morgan fingerprint density at radius 1 is 1.06 bits per heavy atom. The first-order chi connectivity index (χ1) is 16.5. The van der Waals surface area contributed by atoms with Gasteiger partial charge in [0, 0.05) is 25.2 Å². The molecule has 0 amide bonds. The molecule has 0 aliphatic carbocycles. The van der Waals surface area contributed by atoms with Crippen molar-refractivity contribution in [3.63, 3.8) is 0 Å². The van der Waals surface area contributed by atoms with Gasteiger partial charge in [-0.3, -0.25) is 4.90 Å². The summed E-state index contributed by atoms with van der Waals surface area (Å²) in [4.78, 5) is 16.3. The standard InChI is InChI=1S/C29H38FN2O2/c1-29(25-10-4-2-5-11-25,31-16-6-3-7-17-31)28(33)34-27-22-32(19-14-24(27)15-20-32)18-13-23-9-8-12-26(30)21-23/h2,4-5,8-12,21,24,27H,3,6-7,13-20,22H2,1H3/q+1/t24?,27-,29-,32?/m0/s1. The summed E-state index contributed by atoms with van der Waals surface area (Å²) in [6.45, 7) is 8.06. The minimum absolute atomic E-state index is 0.0321. The smallest absolute Gasteiger partial charge is 0.331 e. The number of carbonyl (C=O) groups is 1. The molecule has 4 aliphatic heterocycles. The molecule has 0 unspecified atom stereocenters. The molecule has 4 aliphatic rings. The lowest BCUT2D eigenvalue weighted by molar-refractivity contribution is -0.946. The zero-order valence-corrected chi connectivity index (χ0v) is 20.4. The van der Waals surface area contributed by atoms with Gasteiger partial charge in [0.2, 0.25) is 0 Å². The summed E-state index contributed by atoms with van der Waals surface area (Å²) in [5.74, 6) is 0.196. The quantitative estimate of drug-likeness (QED) is 0.429. The van der Waals surface area contributed by atoms with Crippen LogP contribution < -0.4 is 0 Å². The lowest BCUT2D eigenvalue weighted by Gasteiger charge is -2.53. The number of likely N-dealkylation sites (tertiary alicyclic amines) is 1. The van der Waals surface area contributed by atoms with E-state index in [1.807, 2.05) is 24.3 Å². The van der Waals surface area contributed by atoms with E-state index in [4.69, 9.17) is 4.74 Å². The number of nitrogens with zero attached hydrogens (tertiary/aromatic N) is 2. The van der Waals surface area contributed by atoms with Crippen LogP contribution in [0.5, 0.6) is 0 Å². The number of quaternary nitrogens is 1. The van der Waals surface area contributed by atoms with Crippen molar-refractivity contribution in [2.45, 2.75) is 57.1 Å². The third-order valence-electron chi connectivity index (χ3n) is 8.79. The van der Waals surface area contributed by atoms with E-state index in [1.54, 1.807) is 12.1 Å². The predicted octanol–water partition coefficient (Wildman–Crippen LogP) is 4.92. The summed E-state index contributed by atoms with van der Waals surface area (Å²) in [6, 6.07) is 17.1. The van der Waals surface area contributed by atoms with Crippen molar-refractivity contribution in [1.82, 2.24) is 4.90 Å². The van der Waals surface area contributed by atoms with E-state index >= 15 is 0 Å². The molecule has 4 fully saturated rings. The number of ether oxygens (including phenoxy) is 1. The molecule has 6 rings (SSSR count). The Balaban J connectivity index is 1.31.